The van der Waals surface area contributed by atoms with E-state index in [1.807, 2.05) is 39.8 Å². The van der Waals surface area contributed by atoms with E-state index in [1.165, 1.54) is 6.07 Å². The Morgan fingerprint density at radius 1 is 1.04 bits per heavy atom. The maximum atomic E-state index is 12.9. The molecule has 0 saturated carbocycles. The van der Waals surface area contributed by atoms with Crippen LogP contribution >= 0.6 is 0 Å². The van der Waals surface area contributed by atoms with E-state index in [0.717, 1.165) is 9.69 Å². The van der Waals surface area contributed by atoms with Crippen molar-refractivity contribution in [3.8, 4) is 0 Å². The Morgan fingerprint density at radius 3 is 2.25 bits per heavy atom. The minimum atomic E-state index is -3.84. The molecule has 150 valence electrons. The highest BCUT2D eigenvalue weighted by atomic mass is 32.2. The summed E-state index contributed by atoms with van der Waals surface area (Å²) in [5.74, 6) is -1.08. The van der Waals surface area contributed by atoms with Crippen LogP contribution in [0.25, 0.3) is 10.8 Å². The van der Waals surface area contributed by atoms with Crippen molar-refractivity contribution in [3.05, 3.63) is 36.4 Å². The molecule has 2 aromatic carbocycles. The second-order valence-electron chi connectivity index (χ2n) is 7.29. The first-order chi connectivity index (χ1) is 13.1. The first-order valence-electron chi connectivity index (χ1n) is 9.16. The van der Waals surface area contributed by atoms with E-state index >= 15 is 0 Å². The van der Waals surface area contributed by atoms with Crippen LogP contribution in [0.1, 0.15) is 27.7 Å². The lowest BCUT2D eigenvalue weighted by Crippen LogP contribution is -2.44. The molecule has 2 aromatic rings. The van der Waals surface area contributed by atoms with Crippen LogP contribution in [-0.4, -0.2) is 50.4 Å². The number of rotatable bonds is 6. The highest BCUT2D eigenvalue weighted by molar-refractivity contribution is 7.93. The molecule has 0 aromatic heterocycles. The van der Waals surface area contributed by atoms with E-state index in [0.29, 0.717) is 11.1 Å². The first kappa shape index (κ1) is 20.1. The Morgan fingerprint density at radius 2 is 1.64 bits per heavy atom. The van der Waals surface area contributed by atoms with Crippen molar-refractivity contribution < 1.29 is 22.7 Å². The Labute approximate surface area is 164 Å². The molecule has 0 saturated heterocycles. The number of hydrogen-bond donors (Lipinski definition) is 0. The van der Waals surface area contributed by atoms with Gasteiger partial charge in [-0.15, -0.1) is 0 Å². The van der Waals surface area contributed by atoms with Crippen molar-refractivity contribution in [2.24, 2.45) is 0 Å². The molecule has 0 radical (unpaired) electrons. The number of amides is 1. The Hall–Kier alpha value is -2.61. The lowest BCUT2D eigenvalue weighted by Gasteiger charge is -2.30. The van der Waals surface area contributed by atoms with Gasteiger partial charge in [-0.05, 0) is 45.2 Å². The molecule has 0 N–H and O–H groups in total. The lowest BCUT2D eigenvalue weighted by molar-refractivity contribution is -0.152. The molecule has 8 heteroatoms. The molecular formula is C20H24N2O5S. The summed E-state index contributed by atoms with van der Waals surface area (Å²) in [5, 5.41) is 1.38. The van der Waals surface area contributed by atoms with Crippen LogP contribution in [0.2, 0.25) is 0 Å². The van der Waals surface area contributed by atoms with Crippen molar-refractivity contribution >= 4 is 38.4 Å². The second kappa shape index (κ2) is 7.43. The summed E-state index contributed by atoms with van der Waals surface area (Å²) < 4.78 is 31.9. The van der Waals surface area contributed by atoms with E-state index in [1.54, 1.807) is 23.1 Å². The van der Waals surface area contributed by atoms with Crippen molar-refractivity contribution in [2.45, 2.75) is 44.7 Å². The molecule has 1 heterocycles. The van der Waals surface area contributed by atoms with Gasteiger partial charge in [-0.3, -0.25) is 13.9 Å². The summed E-state index contributed by atoms with van der Waals surface area (Å²) in [6.07, 6.45) is 0. The molecular weight excluding hydrogens is 380 g/mol. The van der Waals surface area contributed by atoms with Gasteiger partial charge >= 0.3 is 5.97 Å². The third-order valence-electron chi connectivity index (χ3n) is 4.71. The van der Waals surface area contributed by atoms with Gasteiger partial charge in [-0.2, -0.15) is 0 Å². The van der Waals surface area contributed by atoms with Gasteiger partial charge in [-0.25, -0.2) is 8.42 Å². The second-order valence-corrected chi connectivity index (χ2v) is 9.12. The average Bonchev–Trinajstić information content (AvgIpc) is 2.83. The van der Waals surface area contributed by atoms with Gasteiger partial charge in [-0.1, -0.05) is 24.3 Å². The van der Waals surface area contributed by atoms with Crippen molar-refractivity contribution in [3.63, 3.8) is 0 Å². The van der Waals surface area contributed by atoms with Crippen molar-refractivity contribution in [1.82, 2.24) is 4.90 Å². The van der Waals surface area contributed by atoms with Gasteiger partial charge in [0.2, 0.25) is 0 Å². The molecule has 0 spiro atoms. The number of benzene rings is 2. The standard InChI is InChI=1S/C20H24N2O5S/c1-13(2)22(14(3)4)18(23)12-27-19(24)11-21-16-9-5-7-15-8-6-10-17(20(15)16)28(21,25)26/h5-10,13-14H,11-12H2,1-4H3. The molecule has 3 rings (SSSR count). The summed E-state index contributed by atoms with van der Waals surface area (Å²) in [7, 11) is -3.84. The van der Waals surface area contributed by atoms with Crippen LogP contribution in [-0.2, 0) is 24.3 Å². The van der Waals surface area contributed by atoms with Crippen LogP contribution < -0.4 is 4.31 Å². The van der Waals surface area contributed by atoms with Crippen LogP contribution in [0.15, 0.2) is 41.3 Å². The first-order valence-corrected chi connectivity index (χ1v) is 10.6. The maximum absolute atomic E-state index is 12.9. The van der Waals surface area contributed by atoms with Crippen LogP contribution in [0.5, 0.6) is 0 Å². The fraction of sp³-hybridized carbons (Fsp3) is 0.400. The highest BCUT2D eigenvalue weighted by Crippen LogP contribution is 2.41. The van der Waals surface area contributed by atoms with Crippen LogP contribution in [0.4, 0.5) is 5.69 Å². The van der Waals surface area contributed by atoms with Gasteiger partial charge in [0, 0.05) is 17.5 Å². The summed E-state index contributed by atoms with van der Waals surface area (Å²) in [6.45, 7) is 6.64. The van der Waals surface area contributed by atoms with Crippen LogP contribution in [0.3, 0.4) is 0 Å². The Balaban J connectivity index is 1.75. The van der Waals surface area contributed by atoms with Gasteiger partial charge in [0.25, 0.3) is 15.9 Å². The zero-order valence-electron chi connectivity index (χ0n) is 16.4. The molecule has 0 aliphatic carbocycles. The van der Waals surface area contributed by atoms with E-state index in [-0.39, 0.29) is 22.9 Å². The SMILES string of the molecule is CC(C)N(C(=O)COC(=O)CN1c2cccc3cccc(c23)S1(=O)=O)C(C)C. The normalized spacial score (nSPS) is 14.7. The lowest BCUT2D eigenvalue weighted by atomic mass is 10.1. The monoisotopic (exact) mass is 404 g/mol. The summed E-state index contributed by atoms with van der Waals surface area (Å²) in [4.78, 5) is 26.5. The molecule has 1 amide bonds. The molecule has 0 fully saturated rings. The molecule has 1 aliphatic rings. The number of hydrogen-bond acceptors (Lipinski definition) is 5. The third-order valence-corrected chi connectivity index (χ3v) is 6.51. The number of carbonyl (C=O) groups excluding carboxylic acids is 2. The largest absolute Gasteiger partial charge is 0.454 e. The summed E-state index contributed by atoms with van der Waals surface area (Å²) in [5.41, 5.74) is 0.447. The quantitative estimate of drug-likeness (QED) is 0.691. The summed E-state index contributed by atoms with van der Waals surface area (Å²) >= 11 is 0. The smallest absolute Gasteiger partial charge is 0.327 e. The number of sulfonamides is 1. The van der Waals surface area contributed by atoms with Crippen molar-refractivity contribution in [1.29, 1.82) is 0 Å². The fourth-order valence-electron chi connectivity index (χ4n) is 3.68. The van der Waals surface area contributed by atoms with Crippen molar-refractivity contribution in [2.75, 3.05) is 17.5 Å². The number of nitrogens with zero attached hydrogens (tertiary/aromatic N) is 2. The minimum Gasteiger partial charge on any atom is -0.454 e. The van der Waals surface area contributed by atoms with Gasteiger partial charge in [0.1, 0.15) is 6.54 Å². The Kier molecular flexibility index (Phi) is 5.34. The molecule has 7 nitrogen and oxygen atoms in total. The van der Waals surface area contributed by atoms with E-state index < -0.39 is 29.1 Å². The zero-order chi connectivity index (χ0) is 20.6. The third kappa shape index (κ3) is 3.44. The number of esters is 1. The average molecular weight is 404 g/mol. The minimum absolute atomic E-state index is 0.0303. The van der Waals surface area contributed by atoms with E-state index in [2.05, 4.69) is 0 Å². The molecule has 0 unspecified atom stereocenters. The highest BCUT2D eigenvalue weighted by Gasteiger charge is 2.37. The fourth-order valence-corrected chi connectivity index (χ4v) is 5.34. The number of carbonyl (C=O) groups is 2. The maximum Gasteiger partial charge on any atom is 0.327 e. The van der Waals surface area contributed by atoms with Crippen LogP contribution in [0, 0.1) is 0 Å². The van der Waals surface area contributed by atoms with E-state index in [9.17, 15) is 18.0 Å². The Bertz CT molecular complexity index is 1020. The van der Waals surface area contributed by atoms with Gasteiger partial charge in [0.15, 0.2) is 6.61 Å². The van der Waals surface area contributed by atoms with Gasteiger partial charge < -0.3 is 9.64 Å². The molecule has 1 aliphatic heterocycles. The predicted octanol–water partition coefficient (Wildman–Crippen LogP) is 2.54. The summed E-state index contributed by atoms with van der Waals surface area (Å²) in [6, 6.07) is 10.2. The zero-order valence-corrected chi connectivity index (χ0v) is 17.2. The predicted molar refractivity (Wildman–Crippen MR) is 107 cm³/mol. The number of anilines is 1. The number of ether oxygens (including phenoxy) is 1. The molecule has 0 bridgehead atoms. The molecule has 28 heavy (non-hydrogen) atoms. The molecule has 0 atom stereocenters. The van der Waals surface area contributed by atoms with Gasteiger partial charge in [0.05, 0.1) is 10.6 Å². The van der Waals surface area contributed by atoms with E-state index in [4.69, 9.17) is 4.74 Å². The topological polar surface area (TPSA) is 84.0 Å².